The molecule has 6 heteroatoms. The first-order valence-electron chi connectivity index (χ1n) is 8.38. The number of hydrogen-bond donors (Lipinski definition) is 2. The molecule has 2 aromatic rings. The molecule has 24 heavy (non-hydrogen) atoms. The summed E-state index contributed by atoms with van der Waals surface area (Å²) >= 11 is 0. The van der Waals surface area contributed by atoms with E-state index in [1.54, 1.807) is 4.68 Å². The number of aliphatic hydroxyl groups excluding tert-OH is 1. The molecule has 0 atom stereocenters. The SMILES string of the molecule is Cn1ccc(CNc2cccc(C(=O)N3CCC(CO)CC3)c2)n1. The molecular weight excluding hydrogens is 304 g/mol. The Bertz CT molecular complexity index is 690. The van der Waals surface area contributed by atoms with E-state index in [4.69, 9.17) is 0 Å². The molecule has 0 bridgehead atoms. The Labute approximate surface area is 142 Å². The van der Waals surface area contributed by atoms with Crippen molar-refractivity contribution in [3.8, 4) is 0 Å². The summed E-state index contributed by atoms with van der Waals surface area (Å²) in [6.45, 7) is 2.28. The number of piperidine rings is 1. The second-order valence-corrected chi connectivity index (χ2v) is 6.33. The number of carbonyl (C=O) groups excluding carboxylic acids is 1. The van der Waals surface area contributed by atoms with Crippen molar-refractivity contribution in [2.24, 2.45) is 13.0 Å². The lowest BCUT2D eigenvalue weighted by Gasteiger charge is -2.31. The number of nitrogens with zero attached hydrogens (tertiary/aromatic N) is 3. The van der Waals surface area contributed by atoms with E-state index in [-0.39, 0.29) is 12.5 Å². The van der Waals surface area contributed by atoms with Crippen LogP contribution in [0.3, 0.4) is 0 Å². The predicted octanol–water partition coefficient (Wildman–Crippen LogP) is 1.88. The lowest BCUT2D eigenvalue weighted by atomic mass is 9.97. The standard InChI is InChI=1S/C18H24N4O2/c1-21-8-7-17(20-21)12-19-16-4-2-3-15(11-16)18(24)22-9-5-14(13-23)6-10-22/h2-4,7-8,11,14,19,23H,5-6,9-10,12-13H2,1H3. The Hall–Kier alpha value is -2.34. The molecule has 1 saturated heterocycles. The van der Waals surface area contributed by atoms with Gasteiger partial charge in [0.25, 0.3) is 5.91 Å². The van der Waals surface area contributed by atoms with Crippen LogP contribution in [0.25, 0.3) is 0 Å². The lowest BCUT2D eigenvalue weighted by molar-refractivity contribution is 0.0651. The maximum absolute atomic E-state index is 12.6. The van der Waals surface area contributed by atoms with Crippen LogP contribution in [-0.2, 0) is 13.6 Å². The summed E-state index contributed by atoms with van der Waals surface area (Å²) in [6.07, 6.45) is 3.66. The molecule has 2 heterocycles. The monoisotopic (exact) mass is 328 g/mol. The third-order valence-corrected chi connectivity index (χ3v) is 4.51. The quantitative estimate of drug-likeness (QED) is 0.879. The summed E-state index contributed by atoms with van der Waals surface area (Å²) in [7, 11) is 1.89. The minimum absolute atomic E-state index is 0.0628. The summed E-state index contributed by atoms with van der Waals surface area (Å²) in [5.41, 5.74) is 2.57. The fraction of sp³-hybridized carbons (Fsp3) is 0.444. The summed E-state index contributed by atoms with van der Waals surface area (Å²) in [5.74, 6) is 0.397. The van der Waals surface area contributed by atoms with Crippen molar-refractivity contribution in [2.75, 3.05) is 25.0 Å². The zero-order valence-electron chi connectivity index (χ0n) is 14.0. The van der Waals surface area contributed by atoms with E-state index in [0.717, 1.165) is 37.3 Å². The third kappa shape index (κ3) is 3.94. The van der Waals surface area contributed by atoms with E-state index in [2.05, 4.69) is 10.4 Å². The minimum Gasteiger partial charge on any atom is -0.396 e. The van der Waals surface area contributed by atoms with Gasteiger partial charge in [0.1, 0.15) is 0 Å². The van der Waals surface area contributed by atoms with E-state index in [0.29, 0.717) is 18.0 Å². The van der Waals surface area contributed by atoms with Crippen LogP contribution in [0.15, 0.2) is 36.5 Å². The summed E-state index contributed by atoms with van der Waals surface area (Å²) in [5, 5.41) is 16.8. The van der Waals surface area contributed by atoms with Crippen molar-refractivity contribution in [3.63, 3.8) is 0 Å². The third-order valence-electron chi connectivity index (χ3n) is 4.51. The zero-order valence-corrected chi connectivity index (χ0v) is 14.0. The van der Waals surface area contributed by atoms with Crippen LogP contribution in [0.1, 0.15) is 28.9 Å². The van der Waals surface area contributed by atoms with Crippen molar-refractivity contribution in [2.45, 2.75) is 19.4 Å². The molecule has 1 aromatic heterocycles. The topological polar surface area (TPSA) is 70.4 Å². The molecule has 1 fully saturated rings. The average Bonchev–Trinajstić information content (AvgIpc) is 3.05. The number of rotatable bonds is 5. The van der Waals surface area contributed by atoms with E-state index in [1.165, 1.54) is 0 Å². The van der Waals surface area contributed by atoms with Gasteiger partial charge in [-0.25, -0.2) is 0 Å². The highest BCUT2D eigenvalue weighted by Crippen LogP contribution is 2.20. The fourth-order valence-corrected chi connectivity index (χ4v) is 3.01. The Morgan fingerprint density at radius 2 is 2.12 bits per heavy atom. The van der Waals surface area contributed by atoms with E-state index in [1.807, 2.05) is 48.5 Å². The number of aromatic nitrogens is 2. The maximum Gasteiger partial charge on any atom is 0.253 e. The van der Waals surface area contributed by atoms with Gasteiger partial charge in [-0.3, -0.25) is 9.48 Å². The number of nitrogens with one attached hydrogen (secondary N) is 1. The number of amides is 1. The second-order valence-electron chi connectivity index (χ2n) is 6.33. The Morgan fingerprint density at radius 1 is 1.33 bits per heavy atom. The molecule has 3 rings (SSSR count). The lowest BCUT2D eigenvalue weighted by Crippen LogP contribution is -2.39. The highest BCUT2D eigenvalue weighted by molar-refractivity contribution is 5.95. The number of anilines is 1. The zero-order chi connectivity index (χ0) is 16.9. The number of aryl methyl sites for hydroxylation is 1. The van der Waals surface area contributed by atoms with Crippen molar-refractivity contribution < 1.29 is 9.90 Å². The normalized spacial score (nSPS) is 15.5. The molecule has 128 valence electrons. The molecule has 1 aromatic carbocycles. The van der Waals surface area contributed by atoms with Crippen LogP contribution < -0.4 is 5.32 Å². The molecule has 0 unspecified atom stereocenters. The maximum atomic E-state index is 12.6. The molecule has 0 spiro atoms. The van der Waals surface area contributed by atoms with Gasteiger partial charge >= 0.3 is 0 Å². The van der Waals surface area contributed by atoms with Gasteiger partial charge in [0.2, 0.25) is 0 Å². The Balaban J connectivity index is 1.61. The number of likely N-dealkylation sites (tertiary alicyclic amines) is 1. The number of carbonyl (C=O) groups is 1. The average molecular weight is 328 g/mol. The van der Waals surface area contributed by atoms with Crippen molar-refractivity contribution in [3.05, 3.63) is 47.8 Å². The predicted molar refractivity (Wildman–Crippen MR) is 92.7 cm³/mol. The van der Waals surface area contributed by atoms with Gasteiger partial charge in [-0.15, -0.1) is 0 Å². The van der Waals surface area contributed by atoms with Crippen molar-refractivity contribution >= 4 is 11.6 Å². The molecule has 0 saturated carbocycles. The van der Waals surface area contributed by atoms with Gasteiger partial charge < -0.3 is 15.3 Å². The van der Waals surface area contributed by atoms with Crippen LogP contribution in [0.5, 0.6) is 0 Å². The molecule has 1 aliphatic rings. The molecular formula is C18H24N4O2. The molecule has 0 radical (unpaired) electrons. The van der Waals surface area contributed by atoms with Crippen molar-refractivity contribution in [1.29, 1.82) is 0 Å². The van der Waals surface area contributed by atoms with Crippen LogP contribution in [0, 0.1) is 5.92 Å². The van der Waals surface area contributed by atoms with Gasteiger partial charge in [0.05, 0.1) is 12.2 Å². The van der Waals surface area contributed by atoms with Gasteiger partial charge in [0.15, 0.2) is 0 Å². The smallest absolute Gasteiger partial charge is 0.253 e. The van der Waals surface area contributed by atoms with Crippen LogP contribution in [-0.4, -0.2) is 45.4 Å². The van der Waals surface area contributed by atoms with Crippen LogP contribution in [0.2, 0.25) is 0 Å². The first-order chi connectivity index (χ1) is 11.7. The van der Waals surface area contributed by atoms with E-state index in [9.17, 15) is 9.90 Å². The van der Waals surface area contributed by atoms with Crippen LogP contribution in [0.4, 0.5) is 5.69 Å². The van der Waals surface area contributed by atoms with Gasteiger partial charge in [-0.1, -0.05) is 6.07 Å². The van der Waals surface area contributed by atoms with Crippen LogP contribution >= 0.6 is 0 Å². The number of hydrogen-bond acceptors (Lipinski definition) is 4. The van der Waals surface area contributed by atoms with Gasteiger partial charge in [-0.2, -0.15) is 5.10 Å². The Kier molecular flexibility index (Phi) is 5.15. The number of aliphatic hydroxyl groups is 1. The van der Waals surface area contributed by atoms with Crippen molar-refractivity contribution in [1.82, 2.24) is 14.7 Å². The first kappa shape index (κ1) is 16.5. The molecule has 0 aliphatic carbocycles. The van der Waals surface area contributed by atoms with E-state index < -0.39 is 0 Å². The molecule has 1 aliphatic heterocycles. The summed E-state index contributed by atoms with van der Waals surface area (Å²) in [4.78, 5) is 14.5. The Morgan fingerprint density at radius 3 is 2.79 bits per heavy atom. The largest absolute Gasteiger partial charge is 0.396 e. The summed E-state index contributed by atoms with van der Waals surface area (Å²) < 4.78 is 1.77. The fourth-order valence-electron chi connectivity index (χ4n) is 3.01. The summed E-state index contributed by atoms with van der Waals surface area (Å²) in [6, 6.07) is 9.56. The molecule has 1 amide bonds. The first-order valence-corrected chi connectivity index (χ1v) is 8.38. The number of benzene rings is 1. The van der Waals surface area contributed by atoms with Gasteiger partial charge in [0, 0.05) is 44.2 Å². The minimum atomic E-state index is 0.0628. The van der Waals surface area contributed by atoms with Gasteiger partial charge in [-0.05, 0) is 43.0 Å². The highest BCUT2D eigenvalue weighted by atomic mass is 16.3. The molecule has 2 N–H and O–H groups in total. The van der Waals surface area contributed by atoms with E-state index >= 15 is 0 Å². The second kappa shape index (κ2) is 7.49. The highest BCUT2D eigenvalue weighted by Gasteiger charge is 2.23. The molecule has 6 nitrogen and oxygen atoms in total.